The zero-order valence-corrected chi connectivity index (χ0v) is 10.7. The van der Waals surface area contributed by atoms with Crippen LogP contribution < -0.4 is 10.6 Å². The third-order valence-corrected chi connectivity index (χ3v) is 3.45. The van der Waals surface area contributed by atoms with E-state index in [1.54, 1.807) is 0 Å². The second-order valence-electron chi connectivity index (χ2n) is 4.68. The van der Waals surface area contributed by atoms with Crippen LogP contribution in [0.4, 0.5) is 0 Å². The summed E-state index contributed by atoms with van der Waals surface area (Å²) in [6.45, 7) is 3.39. The molecule has 0 radical (unpaired) electrons. The van der Waals surface area contributed by atoms with Gasteiger partial charge < -0.3 is 10.6 Å². The van der Waals surface area contributed by atoms with Crippen molar-refractivity contribution in [2.45, 2.75) is 31.8 Å². The molecular formula is C13H17ClN2O. The highest BCUT2D eigenvalue weighted by atomic mass is 35.5. The lowest BCUT2D eigenvalue weighted by Gasteiger charge is -2.23. The maximum absolute atomic E-state index is 12.0. The van der Waals surface area contributed by atoms with E-state index in [4.69, 9.17) is 11.6 Å². The average Bonchev–Trinajstić information content (AvgIpc) is 2.74. The Kier molecular flexibility index (Phi) is 3.69. The largest absolute Gasteiger partial charge is 0.350 e. The molecule has 1 aromatic rings. The molecule has 0 saturated carbocycles. The molecule has 92 valence electrons. The van der Waals surface area contributed by atoms with Gasteiger partial charge in [-0.2, -0.15) is 0 Å². The number of hydrogen-bond acceptors (Lipinski definition) is 2. The molecule has 1 saturated heterocycles. The number of nitrogens with one attached hydrogen (secondary N) is 2. The van der Waals surface area contributed by atoms with Crippen LogP contribution in [0.1, 0.15) is 25.3 Å². The van der Waals surface area contributed by atoms with Crippen LogP contribution in [0.5, 0.6) is 0 Å². The van der Waals surface area contributed by atoms with Crippen molar-refractivity contribution in [1.29, 1.82) is 0 Å². The molecule has 1 atom stereocenters. The smallest absolute Gasteiger partial charge is 0.240 e. The zero-order valence-electron chi connectivity index (χ0n) is 9.92. The summed E-state index contributed by atoms with van der Waals surface area (Å²) in [7, 11) is 0. The highest BCUT2D eigenvalue weighted by Crippen LogP contribution is 2.18. The lowest BCUT2D eigenvalue weighted by molar-refractivity contribution is -0.126. The third-order valence-electron chi connectivity index (χ3n) is 3.21. The van der Waals surface area contributed by atoms with E-state index < -0.39 is 5.54 Å². The molecule has 2 rings (SSSR count). The second kappa shape index (κ2) is 5.07. The van der Waals surface area contributed by atoms with Crippen LogP contribution in [0.3, 0.4) is 0 Å². The number of amides is 1. The Morgan fingerprint density at radius 1 is 1.59 bits per heavy atom. The van der Waals surface area contributed by atoms with Gasteiger partial charge in [-0.05, 0) is 44.0 Å². The van der Waals surface area contributed by atoms with Gasteiger partial charge >= 0.3 is 0 Å². The average molecular weight is 253 g/mol. The molecule has 1 fully saturated rings. The Balaban J connectivity index is 1.92. The summed E-state index contributed by atoms with van der Waals surface area (Å²) in [6, 6.07) is 7.54. The van der Waals surface area contributed by atoms with Gasteiger partial charge in [-0.15, -0.1) is 0 Å². The standard InChI is InChI=1S/C13H17ClN2O/c1-13(6-3-7-16-13)12(17)15-9-10-4-2-5-11(14)8-10/h2,4-5,8,16H,3,6-7,9H2,1H3,(H,15,17). The van der Waals surface area contributed by atoms with Gasteiger partial charge in [0.15, 0.2) is 0 Å². The lowest BCUT2D eigenvalue weighted by Crippen LogP contribution is -2.50. The molecule has 0 bridgehead atoms. The highest BCUT2D eigenvalue weighted by molar-refractivity contribution is 6.30. The van der Waals surface area contributed by atoms with Gasteiger partial charge in [-0.1, -0.05) is 23.7 Å². The number of rotatable bonds is 3. The maximum Gasteiger partial charge on any atom is 0.240 e. The number of halogens is 1. The van der Waals surface area contributed by atoms with Crippen molar-refractivity contribution in [3.05, 3.63) is 34.9 Å². The van der Waals surface area contributed by atoms with Crippen LogP contribution in [0, 0.1) is 0 Å². The SMILES string of the molecule is CC1(C(=O)NCc2cccc(Cl)c2)CCCN1. The number of carbonyl (C=O) groups excluding carboxylic acids is 1. The fourth-order valence-electron chi connectivity index (χ4n) is 2.11. The van der Waals surface area contributed by atoms with Crippen LogP contribution in [0.2, 0.25) is 5.02 Å². The van der Waals surface area contributed by atoms with Crippen molar-refractivity contribution >= 4 is 17.5 Å². The van der Waals surface area contributed by atoms with Crippen molar-refractivity contribution in [2.75, 3.05) is 6.54 Å². The topological polar surface area (TPSA) is 41.1 Å². The molecule has 0 spiro atoms. The van der Waals surface area contributed by atoms with Crippen molar-refractivity contribution in [2.24, 2.45) is 0 Å². The molecule has 0 aromatic heterocycles. The molecule has 1 unspecified atom stereocenters. The molecule has 17 heavy (non-hydrogen) atoms. The van der Waals surface area contributed by atoms with Crippen LogP contribution >= 0.6 is 11.6 Å². The lowest BCUT2D eigenvalue weighted by atomic mass is 9.99. The number of hydrogen-bond donors (Lipinski definition) is 2. The Morgan fingerprint density at radius 2 is 2.41 bits per heavy atom. The van der Waals surface area contributed by atoms with Gasteiger partial charge in [0.25, 0.3) is 0 Å². The van der Waals surface area contributed by atoms with Crippen molar-refractivity contribution in [3.63, 3.8) is 0 Å². The van der Waals surface area contributed by atoms with E-state index in [-0.39, 0.29) is 5.91 Å². The van der Waals surface area contributed by atoms with Gasteiger partial charge in [0.2, 0.25) is 5.91 Å². The fourth-order valence-corrected chi connectivity index (χ4v) is 2.33. The molecule has 1 aromatic carbocycles. The predicted molar refractivity (Wildman–Crippen MR) is 68.9 cm³/mol. The first-order chi connectivity index (χ1) is 8.10. The first kappa shape index (κ1) is 12.4. The number of benzene rings is 1. The normalized spacial score (nSPS) is 23.6. The molecule has 0 aliphatic carbocycles. The van der Waals surface area contributed by atoms with E-state index >= 15 is 0 Å². The summed E-state index contributed by atoms with van der Waals surface area (Å²) >= 11 is 5.89. The van der Waals surface area contributed by atoms with E-state index in [2.05, 4.69) is 10.6 Å². The molecule has 1 aliphatic rings. The highest BCUT2D eigenvalue weighted by Gasteiger charge is 2.35. The molecule has 1 aliphatic heterocycles. The van der Waals surface area contributed by atoms with Crippen molar-refractivity contribution < 1.29 is 4.79 Å². The first-order valence-electron chi connectivity index (χ1n) is 5.88. The van der Waals surface area contributed by atoms with E-state index in [1.807, 2.05) is 31.2 Å². The molecule has 3 nitrogen and oxygen atoms in total. The molecule has 4 heteroatoms. The summed E-state index contributed by atoms with van der Waals surface area (Å²) < 4.78 is 0. The van der Waals surface area contributed by atoms with E-state index in [9.17, 15) is 4.79 Å². The molecule has 1 amide bonds. The Hall–Kier alpha value is -1.06. The summed E-state index contributed by atoms with van der Waals surface area (Å²) in [5.41, 5.74) is 0.617. The zero-order chi connectivity index (χ0) is 12.3. The second-order valence-corrected chi connectivity index (χ2v) is 5.11. The Labute approximate surface area is 107 Å². The van der Waals surface area contributed by atoms with Crippen molar-refractivity contribution in [3.8, 4) is 0 Å². The van der Waals surface area contributed by atoms with E-state index in [1.165, 1.54) is 0 Å². The van der Waals surface area contributed by atoms with Crippen molar-refractivity contribution in [1.82, 2.24) is 10.6 Å². The van der Waals surface area contributed by atoms with Gasteiger partial charge in [0, 0.05) is 11.6 Å². The quantitative estimate of drug-likeness (QED) is 0.865. The Morgan fingerprint density at radius 3 is 3.06 bits per heavy atom. The predicted octanol–water partition coefficient (Wildman–Crippen LogP) is 2.10. The van der Waals surface area contributed by atoms with Gasteiger partial charge in [0.1, 0.15) is 0 Å². The number of carbonyl (C=O) groups is 1. The monoisotopic (exact) mass is 252 g/mol. The minimum Gasteiger partial charge on any atom is -0.350 e. The van der Waals surface area contributed by atoms with Crippen LogP contribution in [-0.4, -0.2) is 18.0 Å². The summed E-state index contributed by atoms with van der Waals surface area (Å²) in [5.74, 6) is 0.0648. The molecule has 2 N–H and O–H groups in total. The maximum atomic E-state index is 12.0. The Bertz CT molecular complexity index is 414. The summed E-state index contributed by atoms with van der Waals surface area (Å²) in [5, 5.41) is 6.89. The molecular weight excluding hydrogens is 236 g/mol. The van der Waals surface area contributed by atoms with Crippen LogP contribution in [0.25, 0.3) is 0 Å². The first-order valence-corrected chi connectivity index (χ1v) is 6.26. The van der Waals surface area contributed by atoms with Gasteiger partial charge in [-0.3, -0.25) is 4.79 Å². The van der Waals surface area contributed by atoms with Crippen LogP contribution in [-0.2, 0) is 11.3 Å². The minimum atomic E-state index is -0.404. The van der Waals surface area contributed by atoms with E-state index in [0.29, 0.717) is 11.6 Å². The fraction of sp³-hybridized carbons (Fsp3) is 0.462. The van der Waals surface area contributed by atoms with Gasteiger partial charge in [-0.25, -0.2) is 0 Å². The molecule has 1 heterocycles. The third kappa shape index (κ3) is 2.99. The summed E-state index contributed by atoms with van der Waals surface area (Å²) in [6.07, 6.45) is 1.95. The van der Waals surface area contributed by atoms with E-state index in [0.717, 1.165) is 24.9 Å². The summed E-state index contributed by atoms with van der Waals surface area (Å²) in [4.78, 5) is 12.0. The van der Waals surface area contributed by atoms with Gasteiger partial charge in [0.05, 0.1) is 5.54 Å². The van der Waals surface area contributed by atoms with Crippen LogP contribution in [0.15, 0.2) is 24.3 Å². The minimum absolute atomic E-state index is 0.0648.